The third kappa shape index (κ3) is 15.5. The lowest BCUT2D eigenvalue weighted by Crippen LogP contribution is -2.19. The van der Waals surface area contributed by atoms with Gasteiger partial charge in [-0.1, -0.05) is 141 Å². The van der Waals surface area contributed by atoms with Crippen LogP contribution >= 0.6 is 107 Å². The normalized spacial score (nSPS) is 12.2. The second kappa shape index (κ2) is 22.5. The molecule has 0 heterocycles. The van der Waals surface area contributed by atoms with Crippen molar-refractivity contribution in [3.63, 3.8) is 0 Å². The summed E-state index contributed by atoms with van der Waals surface area (Å²) < 4.78 is 47.6. The summed E-state index contributed by atoms with van der Waals surface area (Å²) >= 11 is 24.5. The van der Waals surface area contributed by atoms with Gasteiger partial charge in [0.25, 0.3) is 0 Å². The molecule has 0 fully saturated rings. The average molecular weight is 1290 g/mol. The van der Waals surface area contributed by atoms with Crippen LogP contribution < -0.4 is 0 Å². The maximum Gasteiger partial charge on any atom is 0.239 e. The van der Waals surface area contributed by atoms with Crippen LogP contribution in [-0.4, -0.2) is 19.8 Å². The van der Waals surface area contributed by atoms with Crippen molar-refractivity contribution in [1.82, 2.24) is 0 Å². The van der Waals surface area contributed by atoms with Crippen LogP contribution in [0.5, 0.6) is 0 Å². The van der Waals surface area contributed by atoms with Crippen molar-refractivity contribution in [3.8, 4) is 0 Å². The zero-order valence-corrected chi connectivity index (χ0v) is 48.2. The van der Waals surface area contributed by atoms with Crippen LogP contribution in [0.15, 0.2) is 137 Å². The number of alkyl halides is 6. The van der Waals surface area contributed by atoms with Gasteiger partial charge in [0.2, 0.25) is 22.6 Å². The summed E-state index contributed by atoms with van der Waals surface area (Å²) in [4.78, 5) is 0.590. The molecule has 0 N–H and O–H groups in total. The molecule has 0 aromatic heterocycles. The van der Waals surface area contributed by atoms with E-state index in [1.165, 1.54) is 33.4 Å². The minimum Gasteiger partial charge on any atom is -0.220 e. The first kappa shape index (κ1) is 54.0. The second-order valence-electron chi connectivity index (χ2n) is 16.6. The van der Waals surface area contributed by atoms with Crippen LogP contribution in [0.1, 0.15) is 87.5 Å². The third-order valence-electron chi connectivity index (χ3n) is 10.3. The van der Waals surface area contributed by atoms with Crippen molar-refractivity contribution in [2.24, 2.45) is 0 Å². The van der Waals surface area contributed by atoms with Crippen molar-refractivity contribution in [3.05, 3.63) is 199 Å². The van der Waals surface area contributed by atoms with Crippen LogP contribution in [0, 0.1) is 34.6 Å². The van der Waals surface area contributed by atoms with Gasteiger partial charge in [0.05, 0.1) is 9.79 Å². The van der Waals surface area contributed by atoms with Gasteiger partial charge in [0, 0.05) is 5.02 Å². The number of sulfone groups is 2. The molecule has 0 unspecified atom stereocenters. The Morgan fingerprint density at radius 1 is 0.429 bits per heavy atom. The van der Waals surface area contributed by atoms with Crippen LogP contribution in [-0.2, 0) is 44.4 Å². The van der Waals surface area contributed by atoms with Gasteiger partial charge in [-0.3, -0.25) is 0 Å². The van der Waals surface area contributed by atoms with E-state index >= 15 is 0 Å². The topological polar surface area (TPSA) is 68.3 Å². The van der Waals surface area contributed by atoms with Crippen LogP contribution in [0.25, 0.3) is 0 Å². The first-order valence-electron chi connectivity index (χ1n) is 19.9. The maximum absolute atomic E-state index is 12.6. The molecule has 0 saturated carbocycles. The fourth-order valence-corrected chi connectivity index (χ4v) is 11.8. The van der Waals surface area contributed by atoms with Crippen LogP contribution in [0.3, 0.4) is 0 Å². The molecule has 0 aliphatic rings. The molecular weight excluding hydrogens is 1240 g/mol. The van der Waals surface area contributed by atoms with Gasteiger partial charge in [0.15, 0.2) is 0 Å². The number of aryl methyl sites for hydroxylation is 5. The number of benzene rings is 6. The summed E-state index contributed by atoms with van der Waals surface area (Å²) in [5, 5.41) is 0.679. The lowest BCUT2D eigenvalue weighted by Gasteiger charge is -2.19. The Morgan fingerprint density at radius 2 is 0.794 bits per heavy atom. The second-order valence-corrected chi connectivity index (χ2v) is 37.8. The smallest absolute Gasteiger partial charge is 0.220 e. The largest absolute Gasteiger partial charge is 0.239 e. The van der Waals surface area contributed by atoms with E-state index in [0.717, 1.165) is 34.2 Å². The van der Waals surface area contributed by atoms with Gasteiger partial charge >= 0.3 is 0 Å². The average Bonchev–Trinajstić information content (AvgIpc) is 3.19. The summed E-state index contributed by atoms with van der Waals surface area (Å²) in [5.74, 6) is 0. The molecule has 336 valence electrons. The van der Waals surface area contributed by atoms with E-state index in [0.29, 0.717) is 28.3 Å². The molecule has 4 nitrogen and oxygen atoms in total. The minimum atomic E-state index is -3.60. The lowest BCUT2D eigenvalue weighted by atomic mass is 9.85. The summed E-state index contributed by atoms with van der Waals surface area (Å²) in [6, 6.07) is 42.5. The molecule has 0 amide bonds. The Labute approximate surface area is 431 Å². The van der Waals surface area contributed by atoms with E-state index in [1.807, 2.05) is 55.5 Å². The summed E-state index contributed by atoms with van der Waals surface area (Å²) in [7, 11) is -7.18. The van der Waals surface area contributed by atoms with Crippen LogP contribution in [0.2, 0.25) is 5.02 Å². The van der Waals surface area contributed by atoms with Crippen molar-refractivity contribution < 1.29 is 16.8 Å². The SMILES string of the molecule is Cc1ccc(Cc2ccc(C)c(S(=O)(=O)C(Br)(Br)Br)c2)cc1.Cc1ccc(Cc2ccc(Cl)cc2)cc1S(=O)(=O)C(Br)(Br)Br.Cc1ccc(Cc2cccc(C(C)(C)C)c2)cc1C. The predicted molar refractivity (Wildman–Crippen MR) is 288 cm³/mol. The van der Waals surface area contributed by atoms with E-state index in [9.17, 15) is 16.8 Å². The first-order valence-corrected chi connectivity index (χ1v) is 28.0. The number of hydrogen-bond acceptors (Lipinski definition) is 4. The Balaban J connectivity index is 0.000000208. The highest BCUT2D eigenvalue weighted by atomic mass is 80.0. The molecule has 0 radical (unpaired) electrons. The van der Waals surface area contributed by atoms with Crippen molar-refractivity contribution in [1.29, 1.82) is 0 Å². The Bertz CT molecular complexity index is 2600. The van der Waals surface area contributed by atoms with Gasteiger partial charge in [0.1, 0.15) is 0 Å². The highest BCUT2D eigenvalue weighted by Gasteiger charge is 2.39. The Kier molecular flexibility index (Phi) is 19.2. The van der Waals surface area contributed by atoms with Gasteiger partial charge < -0.3 is 0 Å². The predicted octanol–water partition coefficient (Wildman–Crippen LogP) is 16.5. The van der Waals surface area contributed by atoms with Crippen molar-refractivity contribution >= 4 is 127 Å². The van der Waals surface area contributed by atoms with Gasteiger partial charge in [-0.05, 0) is 240 Å². The Hall–Kier alpha value is -1.61. The molecule has 0 atom stereocenters. The molecule has 13 heteroatoms. The first-order chi connectivity index (χ1) is 29.1. The van der Waals surface area contributed by atoms with E-state index in [4.69, 9.17) is 11.6 Å². The molecule has 6 aromatic carbocycles. The zero-order valence-electron chi connectivity index (χ0n) is 36.3. The third-order valence-corrected chi connectivity index (χ3v) is 21.5. The highest BCUT2D eigenvalue weighted by molar-refractivity contribution is 9.42. The highest BCUT2D eigenvalue weighted by Crippen LogP contribution is 2.45. The number of hydrogen-bond donors (Lipinski definition) is 0. The monoisotopic (exact) mass is 1290 g/mol. The molecule has 0 aliphatic heterocycles. The summed E-state index contributed by atoms with van der Waals surface area (Å²) in [6.45, 7) is 16.8. The molecule has 63 heavy (non-hydrogen) atoms. The standard InChI is InChI=1S/C19H24.C16H15Br3O2S.C15H12Br3ClO2S/c1-14-9-10-17(11-15(14)2)12-16-7-6-8-18(13-16)19(3,4)5;1-11-3-6-13(7-4-11)9-14-8-5-12(2)15(10-14)22(20,21)16(17,18)19;1-10-2-3-12(8-11-4-6-13(19)7-5-11)9-14(10)22(20,21)15(16,17)18/h6-11,13H,12H2,1-5H3;3-8,10H,9H2,1-2H3;2-7,9H,8H2,1H3. The quantitative estimate of drug-likeness (QED) is 0.142. The molecular formula is C50H51Br6ClO4S2. The van der Waals surface area contributed by atoms with E-state index < -0.39 is 22.6 Å². The van der Waals surface area contributed by atoms with Gasteiger partial charge in [-0.15, -0.1) is 0 Å². The van der Waals surface area contributed by atoms with E-state index in [-0.39, 0.29) is 10.3 Å². The van der Waals surface area contributed by atoms with Crippen molar-refractivity contribution in [2.75, 3.05) is 0 Å². The molecule has 6 aromatic rings. The fourth-order valence-electron chi connectivity index (χ4n) is 6.41. The molecule has 0 saturated heterocycles. The lowest BCUT2D eigenvalue weighted by molar-refractivity contribution is 0.589. The summed E-state index contributed by atoms with van der Waals surface area (Å²) in [6.07, 6.45) is 2.35. The van der Waals surface area contributed by atoms with Gasteiger partial charge in [-0.2, -0.15) is 0 Å². The minimum absolute atomic E-state index is 0.221. The molecule has 0 bridgehead atoms. The summed E-state index contributed by atoms with van der Waals surface area (Å²) in [5.41, 5.74) is 13.9. The van der Waals surface area contributed by atoms with Gasteiger partial charge in [-0.25, -0.2) is 16.8 Å². The van der Waals surface area contributed by atoms with Crippen molar-refractivity contribution in [2.45, 2.75) is 92.8 Å². The number of rotatable bonds is 8. The maximum atomic E-state index is 12.6. The molecule has 0 spiro atoms. The Morgan fingerprint density at radius 3 is 1.21 bits per heavy atom. The molecule has 0 aliphatic carbocycles. The molecule has 6 rings (SSSR count). The van der Waals surface area contributed by atoms with E-state index in [2.05, 4.69) is 197 Å². The van der Waals surface area contributed by atoms with E-state index in [1.54, 1.807) is 26.0 Å². The number of halogens is 7. The fraction of sp³-hybridized carbons (Fsp3) is 0.280. The zero-order chi connectivity index (χ0) is 47.1. The van der Waals surface area contributed by atoms with Crippen LogP contribution in [0.4, 0.5) is 0 Å².